The summed E-state index contributed by atoms with van der Waals surface area (Å²) in [6.07, 6.45) is 2.70. The molecule has 0 aromatic heterocycles. The van der Waals surface area contributed by atoms with Gasteiger partial charge in [-0.2, -0.15) is 0 Å². The van der Waals surface area contributed by atoms with Gasteiger partial charge in [-0.15, -0.1) is 0 Å². The second-order valence-electron chi connectivity index (χ2n) is 7.18. The van der Waals surface area contributed by atoms with Crippen LogP contribution in [-0.4, -0.2) is 6.61 Å². The van der Waals surface area contributed by atoms with E-state index in [9.17, 15) is 0 Å². The number of hydrogen-bond acceptors (Lipinski definition) is 1. The molecule has 0 atom stereocenters. The van der Waals surface area contributed by atoms with Gasteiger partial charge in [-0.3, -0.25) is 0 Å². The third kappa shape index (κ3) is 4.08. The van der Waals surface area contributed by atoms with Crippen molar-refractivity contribution in [3.05, 3.63) is 133 Å². The maximum absolute atomic E-state index is 6.04. The van der Waals surface area contributed by atoms with Crippen molar-refractivity contribution in [2.45, 2.75) is 6.16 Å². The van der Waals surface area contributed by atoms with Gasteiger partial charge in [0.25, 0.3) is 0 Å². The van der Waals surface area contributed by atoms with Crippen LogP contribution in [0.4, 0.5) is 0 Å². The SMILES string of the molecule is C=CCOc1ccccc1C[P+](c1ccccc1)(c1ccccc1)c1ccccc1. The van der Waals surface area contributed by atoms with Crippen LogP contribution in [-0.2, 0) is 6.16 Å². The number of ether oxygens (including phenoxy) is 1. The molecule has 0 saturated heterocycles. The van der Waals surface area contributed by atoms with E-state index in [1.807, 2.05) is 6.07 Å². The zero-order valence-corrected chi connectivity index (χ0v) is 17.9. The van der Waals surface area contributed by atoms with E-state index in [1.54, 1.807) is 6.08 Å². The van der Waals surface area contributed by atoms with Crippen LogP contribution in [0.1, 0.15) is 5.56 Å². The maximum atomic E-state index is 6.04. The minimum atomic E-state index is -1.94. The lowest BCUT2D eigenvalue weighted by Gasteiger charge is -2.28. The fourth-order valence-corrected chi connectivity index (χ4v) is 8.21. The molecule has 0 bridgehead atoms. The molecule has 0 N–H and O–H groups in total. The minimum absolute atomic E-state index is 0.504. The van der Waals surface area contributed by atoms with E-state index in [0.29, 0.717) is 6.61 Å². The van der Waals surface area contributed by atoms with Gasteiger partial charge >= 0.3 is 0 Å². The summed E-state index contributed by atoms with van der Waals surface area (Å²) in [7, 11) is -1.94. The van der Waals surface area contributed by atoms with Gasteiger partial charge in [-0.05, 0) is 42.5 Å². The van der Waals surface area contributed by atoms with Crippen molar-refractivity contribution >= 4 is 23.2 Å². The van der Waals surface area contributed by atoms with E-state index in [1.165, 1.54) is 21.5 Å². The Morgan fingerprint density at radius 1 is 0.600 bits per heavy atom. The Morgan fingerprint density at radius 2 is 1.03 bits per heavy atom. The standard InChI is InChI=1S/C28H26OP/c1-2-22-29-28-21-13-12-14-24(28)23-30(25-15-6-3-7-16-25,26-17-8-4-9-18-26)27-19-10-5-11-20-27/h2-21H,1,22-23H2/q+1. The number of benzene rings is 4. The van der Waals surface area contributed by atoms with Crippen molar-refractivity contribution in [2.75, 3.05) is 6.61 Å². The van der Waals surface area contributed by atoms with Crippen molar-refractivity contribution < 1.29 is 4.74 Å². The van der Waals surface area contributed by atoms with Crippen LogP contribution in [0.3, 0.4) is 0 Å². The summed E-state index contributed by atoms with van der Waals surface area (Å²) in [5, 5.41) is 4.13. The molecule has 0 radical (unpaired) electrons. The van der Waals surface area contributed by atoms with E-state index in [-0.39, 0.29) is 0 Å². The van der Waals surface area contributed by atoms with Crippen LogP contribution in [0.2, 0.25) is 0 Å². The van der Waals surface area contributed by atoms with Crippen LogP contribution in [0, 0.1) is 0 Å². The number of rotatable bonds is 8. The van der Waals surface area contributed by atoms with Gasteiger partial charge in [0.2, 0.25) is 0 Å². The Balaban J connectivity index is 1.96. The third-order valence-corrected chi connectivity index (χ3v) is 9.68. The summed E-state index contributed by atoms with van der Waals surface area (Å²) >= 11 is 0. The first-order chi connectivity index (χ1) is 14.8. The first-order valence-corrected chi connectivity index (χ1v) is 12.2. The van der Waals surface area contributed by atoms with Gasteiger partial charge in [-0.25, -0.2) is 0 Å². The molecule has 2 heteroatoms. The third-order valence-electron chi connectivity index (χ3n) is 5.33. The van der Waals surface area contributed by atoms with Crippen LogP contribution in [0.25, 0.3) is 0 Å². The summed E-state index contributed by atoms with van der Waals surface area (Å²) in [4.78, 5) is 0. The Bertz CT molecular complexity index is 979. The summed E-state index contributed by atoms with van der Waals surface area (Å²) in [5.41, 5.74) is 1.23. The highest BCUT2D eigenvalue weighted by molar-refractivity contribution is 7.95. The van der Waals surface area contributed by atoms with Crippen molar-refractivity contribution in [3.63, 3.8) is 0 Å². The lowest BCUT2D eigenvalue weighted by molar-refractivity contribution is 0.360. The average Bonchev–Trinajstić information content (AvgIpc) is 2.83. The molecule has 0 heterocycles. The minimum Gasteiger partial charge on any atom is -0.489 e. The van der Waals surface area contributed by atoms with Crippen molar-refractivity contribution in [3.8, 4) is 5.75 Å². The van der Waals surface area contributed by atoms with Gasteiger partial charge in [0.05, 0.1) is 0 Å². The second kappa shape index (κ2) is 9.57. The van der Waals surface area contributed by atoms with Gasteiger partial charge < -0.3 is 4.74 Å². The molecule has 4 rings (SSSR count). The highest BCUT2D eigenvalue weighted by Gasteiger charge is 2.45. The predicted molar refractivity (Wildman–Crippen MR) is 131 cm³/mol. The van der Waals surface area contributed by atoms with Gasteiger partial charge in [0, 0.05) is 5.56 Å². The van der Waals surface area contributed by atoms with Gasteiger partial charge in [-0.1, -0.05) is 85.5 Å². The molecule has 0 aliphatic rings. The van der Waals surface area contributed by atoms with E-state index in [0.717, 1.165) is 11.9 Å². The summed E-state index contributed by atoms with van der Waals surface area (Å²) < 4.78 is 6.04. The lowest BCUT2D eigenvalue weighted by atomic mass is 10.2. The maximum Gasteiger partial charge on any atom is 0.126 e. The second-order valence-corrected chi connectivity index (χ2v) is 10.7. The van der Waals surface area contributed by atoms with E-state index < -0.39 is 7.26 Å². The van der Waals surface area contributed by atoms with E-state index >= 15 is 0 Å². The zero-order chi connectivity index (χ0) is 20.7. The largest absolute Gasteiger partial charge is 0.489 e. The molecule has 4 aromatic rings. The fraction of sp³-hybridized carbons (Fsp3) is 0.0714. The van der Waals surface area contributed by atoms with Crippen molar-refractivity contribution in [1.82, 2.24) is 0 Å². The fourth-order valence-electron chi connectivity index (χ4n) is 3.95. The Hall–Kier alpha value is -3.15. The highest BCUT2D eigenvalue weighted by Crippen LogP contribution is 2.58. The Morgan fingerprint density at radius 3 is 1.50 bits per heavy atom. The molecule has 1 nitrogen and oxygen atoms in total. The van der Waals surface area contributed by atoms with Gasteiger partial charge in [0.1, 0.15) is 41.7 Å². The van der Waals surface area contributed by atoms with Gasteiger partial charge in [0.15, 0.2) is 0 Å². The van der Waals surface area contributed by atoms with Crippen molar-refractivity contribution in [2.24, 2.45) is 0 Å². The van der Waals surface area contributed by atoms with Crippen LogP contribution >= 0.6 is 7.26 Å². The predicted octanol–water partition coefficient (Wildman–Crippen LogP) is 5.75. The smallest absolute Gasteiger partial charge is 0.126 e. The zero-order valence-electron chi connectivity index (χ0n) is 17.0. The monoisotopic (exact) mass is 409 g/mol. The molecule has 0 saturated carbocycles. The first kappa shape index (κ1) is 20.1. The van der Waals surface area contributed by atoms with E-state index in [4.69, 9.17) is 4.74 Å². The molecule has 0 unspecified atom stereocenters. The molecular formula is C28H26OP+. The molecule has 0 fully saturated rings. The number of para-hydroxylation sites is 1. The molecule has 0 spiro atoms. The Labute approximate surface area is 180 Å². The van der Waals surface area contributed by atoms with E-state index in [2.05, 4.69) is 116 Å². The molecule has 0 amide bonds. The number of hydrogen-bond donors (Lipinski definition) is 0. The highest BCUT2D eigenvalue weighted by atomic mass is 31.2. The lowest BCUT2D eigenvalue weighted by Crippen LogP contribution is -2.32. The summed E-state index contributed by atoms with van der Waals surface area (Å²) in [5.74, 6) is 0.935. The molecule has 0 aliphatic carbocycles. The molecular weight excluding hydrogens is 383 g/mol. The quantitative estimate of drug-likeness (QED) is 0.266. The topological polar surface area (TPSA) is 9.23 Å². The normalized spacial score (nSPS) is 11.1. The van der Waals surface area contributed by atoms with Crippen molar-refractivity contribution in [1.29, 1.82) is 0 Å². The summed E-state index contributed by atoms with van der Waals surface area (Å²) in [6, 6.07) is 41.2. The summed E-state index contributed by atoms with van der Waals surface area (Å²) in [6.45, 7) is 4.31. The molecule has 148 valence electrons. The average molecular weight is 409 g/mol. The Kier molecular flexibility index (Phi) is 6.42. The van der Waals surface area contributed by atoms with Crippen LogP contribution < -0.4 is 20.7 Å². The van der Waals surface area contributed by atoms with Crippen LogP contribution in [0.15, 0.2) is 128 Å². The molecule has 0 aliphatic heterocycles. The first-order valence-electron chi connectivity index (χ1n) is 10.2. The van der Waals surface area contributed by atoms with Crippen LogP contribution in [0.5, 0.6) is 5.75 Å². The molecule has 30 heavy (non-hydrogen) atoms. The molecule has 4 aromatic carbocycles.